The van der Waals surface area contributed by atoms with Crippen molar-refractivity contribution in [2.45, 2.75) is 44.6 Å². The van der Waals surface area contributed by atoms with Crippen molar-refractivity contribution in [1.29, 1.82) is 0 Å². The van der Waals surface area contributed by atoms with E-state index in [2.05, 4.69) is 49.9 Å². The third-order valence-corrected chi connectivity index (χ3v) is 4.17. The van der Waals surface area contributed by atoms with Gasteiger partial charge in [0.05, 0.1) is 6.61 Å². The van der Waals surface area contributed by atoms with Crippen LogP contribution in [0.1, 0.15) is 39.2 Å². The van der Waals surface area contributed by atoms with Gasteiger partial charge in [-0.05, 0) is 36.0 Å². The lowest BCUT2D eigenvalue weighted by molar-refractivity contribution is 0.170. The predicted octanol–water partition coefficient (Wildman–Crippen LogP) is 2.27. The van der Waals surface area contributed by atoms with E-state index in [1.54, 1.807) is 0 Å². The molecule has 3 nitrogen and oxygen atoms in total. The van der Waals surface area contributed by atoms with Crippen molar-refractivity contribution >= 4 is 5.69 Å². The molecule has 19 heavy (non-hydrogen) atoms. The van der Waals surface area contributed by atoms with Crippen LogP contribution in [0.2, 0.25) is 0 Å². The molecule has 0 aromatic heterocycles. The van der Waals surface area contributed by atoms with E-state index in [1.165, 1.54) is 11.3 Å². The lowest BCUT2D eigenvalue weighted by Crippen LogP contribution is -2.52. The highest BCUT2D eigenvalue weighted by molar-refractivity contribution is 5.49. The van der Waals surface area contributed by atoms with Crippen molar-refractivity contribution in [3.8, 4) is 0 Å². The van der Waals surface area contributed by atoms with Crippen LogP contribution in [-0.4, -0.2) is 30.3 Å². The van der Waals surface area contributed by atoms with Crippen molar-refractivity contribution in [3.05, 3.63) is 29.8 Å². The summed E-state index contributed by atoms with van der Waals surface area (Å²) in [4.78, 5) is 2.35. The number of aliphatic hydroxyl groups excluding tert-OH is 1. The number of anilines is 1. The summed E-state index contributed by atoms with van der Waals surface area (Å²) in [6.07, 6.45) is 1.70. The standard InChI is InChI=1S/C16H26N2O/c1-15(2,3)13-4-6-14(7-5-13)18-10-8-16(17,12-19)9-11-18/h4-7,19H,8-12,17H2,1-3H3. The minimum Gasteiger partial charge on any atom is -0.394 e. The van der Waals surface area contributed by atoms with Crippen LogP contribution < -0.4 is 10.6 Å². The maximum Gasteiger partial charge on any atom is 0.0612 e. The first-order valence-electron chi connectivity index (χ1n) is 7.09. The Kier molecular flexibility index (Phi) is 3.88. The van der Waals surface area contributed by atoms with Crippen LogP contribution in [0, 0.1) is 0 Å². The minimum absolute atomic E-state index is 0.0871. The Labute approximate surface area is 116 Å². The number of hydrogen-bond acceptors (Lipinski definition) is 3. The average Bonchev–Trinajstić information content (AvgIpc) is 2.39. The van der Waals surface area contributed by atoms with Gasteiger partial charge in [0.1, 0.15) is 0 Å². The van der Waals surface area contributed by atoms with Gasteiger partial charge in [0, 0.05) is 24.3 Å². The van der Waals surface area contributed by atoms with Gasteiger partial charge in [-0.1, -0.05) is 32.9 Å². The minimum atomic E-state index is -0.373. The first-order valence-corrected chi connectivity index (χ1v) is 7.09. The highest BCUT2D eigenvalue weighted by atomic mass is 16.3. The second-order valence-corrected chi connectivity index (χ2v) is 6.80. The fourth-order valence-corrected chi connectivity index (χ4v) is 2.54. The van der Waals surface area contributed by atoms with Gasteiger partial charge in [-0.3, -0.25) is 0 Å². The molecule has 0 aliphatic carbocycles. The number of rotatable bonds is 2. The van der Waals surface area contributed by atoms with Crippen molar-refractivity contribution < 1.29 is 5.11 Å². The number of aliphatic hydroxyl groups is 1. The van der Waals surface area contributed by atoms with Crippen LogP contribution in [0.4, 0.5) is 5.69 Å². The van der Waals surface area contributed by atoms with Gasteiger partial charge in [-0.2, -0.15) is 0 Å². The molecule has 0 saturated carbocycles. The summed E-state index contributed by atoms with van der Waals surface area (Å²) in [5.41, 5.74) is 8.54. The SMILES string of the molecule is CC(C)(C)c1ccc(N2CCC(N)(CO)CC2)cc1. The molecule has 0 bridgehead atoms. The van der Waals surface area contributed by atoms with E-state index < -0.39 is 0 Å². The highest BCUT2D eigenvalue weighted by Crippen LogP contribution is 2.28. The second-order valence-electron chi connectivity index (χ2n) is 6.80. The topological polar surface area (TPSA) is 49.5 Å². The third-order valence-electron chi connectivity index (χ3n) is 4.17. The van der Waals surface area contributed by atoms with Gasteiger partial charge in [0.25, 0.3) is 0 Å². The molecule has 3 N–H and O–H groups in total. The molecule has 0 radical (unpaired) electrons. The van der Waals surface area contributed by atoms with E-state index in [1.807, 2.05) is 0 Å². The zero-order valence-corrected chi connectivity index (χ0v) is 12.3. The molecule has 106 valence electrons. The molecule has 1 aliphatic rings. The predicted molar refractivity (Wildman–Crippen MR) is 80.6 cm³/mol. The normalized spacial score (nSPS) is 19.5. The average molecular weight is 262 g/mol. The van der Waals surface area contributed by atoms with Gasteiger partial charge in [-0.25, -0.2) is 0 Å². The Bertz CT molecular complexity index is 411. The summed E-state index contributed by atoms with van der Waals surface area (Å²) in [7, 11) is 0. The summed E-state index contributed by atoms with van der Waals surface area (Å²) in [5, 5.41) is 9.29. The number of nitrogens with two attached hydrogens (primary N) is 1. The molecule has 1 fully saturated rings. The van der Waals surface area contributed by atoms with Crippen molar-refractivity contribution in [2.24, 2.45) is 5.73 Å². The fourth-order valence-electron chi connectivity index (χ4n) is 2.54. The molecular formula is C16H26N2O. The zero-order chi connectivity index (χ0) is 14.1. The van der Waals surface area contributed by atoms with Crippen molar-refractivity contribution in [2.75, 3.05) is 24.6 Å². The monoisotopic (exact) mass is 262 g/mol. The molecular weight excluding hydrogens is 236 g/mol. The first kappa shape index (κ1) is 14.4. The third kappa shape index (κ3) is 3.28. The Hall–Kier alpha value is -1.06. The number of piperidine rings is 1. The van der Waals surface area contributed by atoms with Gasteiger partial charge in [0.15, 0.2) is 0 Å². The summed E-state index contributed by atoms with van der Waals surface area (Å²) >= 11 is 0. The van der Waals surface area contributed by atoms with Crippen LogP contribution in [0.5, 0.6) is 0 Å². The Morgan fingerprint density at radius 2 is 1.68 bits per heavy atom. The number of benzene rings is 1. The van der Waals surface area contributed by atoms with E-state index in [9.17, 15) is 5.11 Å². The smallest absolute Gasteiger partial charge is 0.0612 e. The first-order chi connectivity index (χ1) is 8.84. The van der Waals surface area contributed by atoms with Crippen LogP contribution in [0.25, 0.3) is 0 Å². The zero-order valence-electron chi connectivity index (χ0n) is 12.3. The van der Waals surface area contributed by atoms with Crippen LogP contribution in [-0.2, 0) is 5.41 Å². The van der Waals surface area contributed by atoms with E-state index in [0.29, 0.717) is 0 Å². The Morgan fingerprint density at radius 1 is 1.16 bits per heavy atom. The van der Waals surface area contributed by atoms with Crippen LogP contribution in [0.15, 0.2) is 24.3 Å². The fraction of sp³-hybridized carbons (Fsp3) is 0.625. The largest absolute Gasteiger partial charge is 0.394 e. The molecule has 1 aromatic carbocycles. The summed E-state index contributed by atoms with van der Waals surface area (Å²) in [5.74, 6) is 0. The van der Waals surface area contributed by atoms with Gasteiger partial charge >= 0.3 is 0 Å². The quantitative estimate of drug-likeness (QED) is 0.859. The molecule has 1 heterocycles. The van der Waals surface area contributed by atoms with Crippen LogP contribution in [0.3, 0.4) is 0 Å². The maximum atomic E-state index is 9.29. The molecule has 1 saturated heterocycles. The maximum absolute atomic E-state index is 9.29. The number of hydrogen-bond donors (Lipinski definition) is 2. The summed E-state index contributed by atoms with van der Waals surface area (Å²) in [6, 6.07) is 8.82. The summed E-state index contributed by atoms with van der Waals surface area (Å²) < 4.78 is 0. The molecule has 1 aliphatic heterocycles. The van der Waals surface area contributed by atoms with E-state index >= 15 is 0 Å². The molecule has 1 aromatic rings. The Balaban J connectivity index is 2.04. The van der Waals surface area contributed by atoms with Crippen molar-refractivity contribution in [3.63, 3.8) is 0 Å². The van der Waals surface area contributed by atoms with E-state index in [0.717, 1.165) is 25.9 Å². The van der Waals surface area contributed by atoms with Gasteiger partial charge in [-0.15, -0.1) is 0 Å². The van der Waals surface area contributed by atoms with E-state index in [4.69, 9.17) is 5.73 Å². The molecule has 3 heteroatoms. The Morgan fingerprint density at radius 3 is 2.11 bits per heavy atom. The molecule has 0 atom stereocenters. The van der Waals surface area contributed by atoms with Gasteiger partial charge in [0.2, 0.25) is 0 Å². The van der Waals surface area contributed by atoms with Gasteiger partial charge < -0.3 is 15.7 Å². The number of nitrogens with zero attached hydrogens (tertiary/aromatic N) is 1. The molecule has 0 amide bonds. The molecule has 0 unspecified atom stereocenters. The van der Waals surface area contributed by atoms with Crippen LogP contribution >= 0.6 is 0 Å². The van der Waals surface area contributed by atoms with Crippen molar-refractivity contribution in [1.82, 2.24) is 0 Å². The molecule has 0 spiro atoms. The summed E-state index contributed by atoms with van der Waals surface area (Å²) in [6.45, 7) is 8.62. The lowest BCUT2D eigenvalue weighted by atomic mass is 9.86. The second kappa shape index (κ2) is 5.14. The highest BCUT2D eigenvalue weighted by Gasteiger charge is 2.30. The molecule has 2 rings (SSSR count). The van der Waals surface area contributed by atoms with E-state index in [-0.39, 0.29) is 17.6 Å². The lowest BCUT2D eigenvalue weighted by Gasteiger charge is -2.39.